The number of aryl methyl sites for hydroxylation is 2. The van der Waals surface area contributed by atoms with E-state index >= 15 is 0 Å². The molecule has 0 fully saturated rings. The van der Waals surface area contributed by atoms with Crippen LogP contribution >= 0.6 is 0 Å². The number of benzene rings is 1. The third-order valence-electron chi connectivity index (χ3n) is 4.40. The molecule has 0 aliphatic carbocycles. The minimum Gasteiger partial charge on any atom is -0.346 e. The van der Waals surface area contributed by atoms with Crippen molar-refractivity contribution >= 4 is 16.8 Å². The molecule has 0 radical (unpaired) electrons. The minimum absolute atomic E-state index is 0.0684. The highest BCUT2D eigenvalue weighted by atomic mass is 19.4. The number of halogens is 3. The first-order chi connectivity index (χ1) is 13.6. The van der Waals surface area contributed by atoms with Crippen molar-refractivity contribution in [3.63, 3.8) is 0 Å². The molecule has 0 saturated heterocycles. The van der Waals surface area contributed by atoms with Gasteiger partial charge in [-0.05, 0) is 32.9 Å². The smallest absolute Gasteiger partial charge is 0.346 e. The molecule has 1 N–H and O–H groups in total. The van der Waals surface area contributed by atoms with Crippen LogP contribution in [0.5, 0.6) is 0 Å². The van der Waals surface area contributed by atoms with Crippen molar-refractivity contribution < 1.29 is 18.0 Å². The van der Waals surface area contributed by atoms with E-state index in [-0.39, 0.29) is 23.1 Å². The topological polar surface area (TPSA) is 76.9 Å². The van der Waals surface area contributed by atoms with Crippen LogP contribution in [0.2, 0.25) is 0 Å². The summed E-state index contributed by atoms with van der Waals surface area (Å²) in [5.41, 5.74) is -0.126. The van der Waals surface area contributed by atoms with Crippen LogP contribution in [0.15, 0.2) is 41.5 Å². The zero-order valence-corrected chi connectivity index (χ0v) is 16.0. The normalized spacial score (nSPS) is 12.8. The van der Waals surface area contributed by atoms with Crippen molar-refractivity contribution in [2.24, 2.45) is 0 Å². The molecule has 0 spiro atoms. The van der Waals surface area contributed by atoms with Gasteiger partial charge in [0.05, 0.1) is 17.4 Å². The Kier molecular flexibility index (Phi) is 5.41. The fourth-order valence-corrected chi connectivity index (χ4v) is 3.05. The predicted octanol–water partition coefficient (Wildman–Crippen LogP) is 3.25. The molecule has 0 saturated carbocycles. The van der Waals surface area contributed by atoms with Gasteiger partial charge in [0, 0.05) is 30.2 Å². The molecular weight excluding hydrogens is 385 g/mol. The molecule has 2 heterocycles. The summed E-state index contributed by atoms with van der Waals surface area (Å²) >= 11 is 0. The maximum absolute atomic E-state index is 13.6. The molecule has 1 amide bonds. The van der Waals surface area contributed by atoms with Gasteiger partial charge in [-0.1, -0.05) is 11.6 Å². The van der Waals surface area contributed by atoms with E-state index in [1.807, 2.05) is 0 Å². The first-order valence-electron chi connectivity index (χ1n) is 8.87. The second-order valence-electron chi connectivity index (χ2n) is 6.94. The molecule has 6 nitrogen and oxygen atoms in total. The lowest BCUT2D eigenvalue weighted by Crippen LogP contribution is -2.37. The van der Waals surface area contributed by atoms with E-state index in [9.17, 15) is 22.8 Å². The summed E-state index contributed by atoms with van der Waals surface area (Å²) < 4.78 is 41.8. The zero-order chi connectivity index (χ0) is 21.3. The van der Waals surface area contributed by atoms with E-state index in [0.717, 1.165) is 10.1 Å². The maximum atomic E-state index is 13.6. The van der Waals surface area contributed by atoms with Crippen LogP contribution in [-0.4, -0.2) is 26.5 Å². The molecule has 3 aromatic rings. The molecule has 1 aromatic carbocycles. The third kappa shape index (κ3) is 4.44. The van der Waals surface area contributed by atoms with Gasteiger partial charge in [0.25, 0.3) is 5.91 Å². The van der Waals surface area contributed by atoms with Gasteiger partial charge in [-0.15, -0.1) is 0 Å². The lowest BCUT2D eigenvalue weighted by atomic mass is 10.1. The lowest BCUT2D eigenvalue weighted by Gasteiger charge is -2.22. The number of hydrogen-bond acceptors (Lipinski definition) is 4. The average Bonchev–Trinajstić information content (AvgIpc) is 2.63. The monoisotopic (exact) mass is 404 g/mol. The number of carbonyl (C=O) groups is 1. The largest absolute Gasteiger partial charge is 0.431 e. The highest BCUT2D eigenvalue weighted by molar-refractivity contribution is 5.92. The van der Waals surface area contributed by atoms with Gasteiger partial charge >= 0.3 is 6.18 Å². The van der Waals surface area contributed by atoms with E-state index in [1.165, 1.54) is 18.5 Å². The Morgan fingerprint density at radius 3 is 2.52 bits per heavy atom. The van der Waals surface area contributed by atoms with Crippen molar-refractivity contribution in [3.8, 4) is 0 Å². The third-order valence-corrected chi connectivity index (χ3v) is 4.40. The SMILES string of the molecule is Cc1ccc2c(c1)c(=O)cc(C(F)(F)F)n2C[C@@H](C)NC(=O)c1cnc(C)cn1. The van der Waals surface area contributed by atoms with Gasteiger partial charge < -0.3 is 9.88 Å². The molecule has 0 bridgehead atoms. The number of nitrogens with zero attached hydrogens (tertiary/aromatic N) is 3. The van der Waals surface area contributed by atoms with Crippen LogP contribution in [0.1, 0.15) is 34.4 Å². The highest BCUT2D eigenvalue weighted by Crippen LogP contribution is 2.30. The Bertz CT molecular complexity index is 1120. The molecule has 1 atom stereocenters. The second kappa shape index (κ2) is 7.65. The molecule has 0 aliphatic heterocycles. The van der Waals surface area contributed by atoms with Crippen LogP contribution < -0.4 is 10.7 Å². The predicted molar refractivity (Wildman–Crippen MR) is 102 cm³/mol. The number of rotatable bonds is 4. The van der Waals surface area contributed by atoms with Crippen LogP contribution in [0.25, 0.3) is 10.9 Å². The Labute approximate surface area is 164 Å². The summed E-state index contributed by atoms with van der Waals surface area (Å²) in [6.45, 7) is 4.88. The molecule has 0 aliphatic rings. The molecule has 29 heavy (non-hydrogen) atoms. The first kappa shape index (κ1) is 20.5. The van der Waals surface area contributed by atoms with E-state index < -0.39 is 29.2 Å². The number of fused-ring (bicyclic) bond motifs is 1. The summed E-state index contributed by atoms with van der Waals surface area (Å²) in [6.07, 6.45) is -1.99. The number of alkyl halides is 3. The number of nitrogens with one attached hydrogen (secondary N) is 1. The van der Waals surface area contributed by atoms with Crippen molar-refractivity contribution in [2.75, 3.05) is 0 Å². The molecular formula is C20H19F3N4O2. The number of aromatic nitrogens is 3. The summed E-state index contributed by atoms with van der Waals surface area (Å²) in [4.78, 5) is 32.5. The van der Waals surface area contributed by atoms with Gasteiger partial charge in [0.15, 0.2) is 5.43 Å². The molecule has 9 heteroatoms. The number of pyridine rings is 1. The number of carbonyl (C=O) groups excluding carboxylic acids is 1. The molecule has 152 valence electrons. The second-order valence-corrected chi connectivity index (χ2v) is 6.94. The molecule has 2 aromatic heterocycles. The first-order valence-corrected chi connectivity index (χ1v) is 8.87. The Morgan fingerprint density at radius 1 is 1.17 bits per heavy atom. The van der Waals surface area contributed by atoms with Crippen LogP contribution in [0, 0.1) is 13.8 Å². The zero-order valence-electron chi connectivity index (χ0n) is 16.0. The fraction of sp³-hybridized carbons (Fsp3) is 0.300. The van der Waals surface area contributed by atoms with Crippen LogP contribution in [0.4, 0.5) is 13.2 Å². The Balaban J connectivity index is 1.97. The van der Waals surface area contributed by atoms with E-state index in [4.69, 9.17) is 0 Å². The van der Waals surface area contributed by atoms with Gasteiger partial charge in [-0.2, -0.15) is 13.2 Å². The maximum Gasteiger partial charge on any atom is 0.431 e. The van der Waals surface area contributed by atoms with Gasteiger partial charge in [-0.25, -0.2) is 4.98 Å². The van der Waals surface area contributed by atoms with Gasteiger partial charge in [0.1, 0.15) is 11.4 Å². The van der Waals surface area contributed by atoms with Crippen molar-refractivity contribution in [3.05, 3.63) is 69.5 Å². The number of hydrogen-bond donors (Lipinski definition) is 1. The van der Waals surface area contributed by atoms with Gasteiger partial charge in [-0.3, -0.25) is 14.6 Å². The van der Waals surface area contributed by atoms with Crippen molar-refractivity contribution in [2.45, 2.75) is 39.5 Å². The molecule has 0 unspecified atom stereocenters. The summed E-state index contributed by atoms with van der Waals surface area (Å²) in [7, 11) is 0. The van der Waals surface area contributed by atoms with E-state index in [0.29, 0.717) is 11.8 Å². The summed E-state index contributed by atoms with van der Waals surface area (Å²) in [5.74, 6) is -0.542. The van der Waals surface area contributed by atoms with Crippen molar-refractivity contribution in [1.82, 2.24) is 19.9 Å². The van der Waals surface area contributed by atoms with Crippen molar-refractivity contribution in [1.29, 1.82) is 0 Å². The minimum atomic E-state index is -4.72. The van der Waals surface area contributed by atoms with E-state index in [2.05, 4.69) is 15.3 Å². The quantitative estimate of drug-likeness (QED) is 0.724. The van der Waals surface area contributed by atoms with Crippen LogP contribution in [0.3, 0.4) is 0 Å². The highest BCUT2D eigenvalue weighted by Gasteiger charge is 2.35. The fourth-order valence-electron chi connectivity index (χ4n) is 3.05. The van der Waals surface area contributed by atoms with Crippen LogP contribution in [-0.2, 0) is 12.7 Å². The van der Waals surface area contributed by atoms with Gasteiger partial charge in [0.2, 0.25) is 0 Å². The Hall–Kier alpha value is -3.23. The molecule has 3 rings (SSSR count). The standard InChI is InChI=1S/C20H19F3N4O2/c1-11-4-5-16-14(6-11)17(28)7-18(20(21,22)23)27(16)10-13(3)26-19(29)15-9-24-12(2)8-25-15/h4-9,13H,10H2,1-3H3,(H,26,29)/t13-/m1/s1. The summed E-state index contributed by atoms with van der Waals surface area (Å²) in [6, 6.07) is 4.62. The summed E-state index contributed by atoms with van der Waals surface area (Å²) in [5, 5.41) is 2.82. The lowest BCUT2D eigenvalue weighted by molar-refractivity contribution is -0.143. The average molecular weight is 404 g/mol. The van der Waals surface area contributed by atoms with E-state index in [1.54, 1.807) is 32.9 Å². The number of amides is 1. The Morgan fingerprint density at radius 2 is 1.90 bits per heavy atom.